The molecule has 0 saturated heterocycles. The van der Waals surface area contributed by atoms with E-state index in [1.165, 1.54) is 0 Å². The molecule has 1 rings (SSSR count). The molecule has 0 aliphatic heterocycles. The van der Waals surface area contributed by atoms with Gasteiger partial charge in [0, 0.05) is 10.9 Å². The van der Waals surface area contributed by atoms with E-state index in [2.05, 4.69) is 11.9 Å². The zero-order valence-corrected chi connectivity index (χ0v) is 15.2. The van der Waals surface area contributed by atoms with Crippen LogP contribution in [0.4, 0.5) is 4.79 Å². The maximum absolute atomic E-state index is 12.3. The van der Waals surface area contributed by atoms with E-state index in [1.54, 1.807) is 58.0 Å². The highest BCUT2D eigenvalue weighted by atomic mass is 35.5. The van der Waals surface area contributed by atoms with Gasteiger partial charge in [0.1, 0.15) is 11.6 Å². The summed E-state index contributed by atoms with van der Waals surface area (Å²) in [6.45, 7) is 10.9. The number of carbonyl (C=O) groups excluding carboxylic acids is 2. The minimum atomic E-state index is -0.946. The summed E-state index contributed by atoms with van der Waals surface area (Å²) in [5.74, 6) is -1.03. The summed E-state index contributed by atoms with van der Waals surface area (Å²) in [7, 11) is 0. The van der Waals surface area contributed by atoms with Crippen molar-refractivity contribution in [3.8, 4) is 0 Å². The number of carbonyl (C=O) groups is 2. The highest BCUT2D eigenvalue weighted by Crippen LogP contribution is 2.24. The summed E-state index contributed by atoms with van der Waals surface area (Å²) in [6, 6.07) is 6.03. The molecule has 1 aromatic carbocycles. The summed E-state index contributed by atoms with van der Waals surface area (Å²) in [5, 5.41) is 3.16. The highest BCUT2D eigenvalue weighted by Gasteiger charge is 2.32. The molecule has 0 fully saturated rings. The van der Waals surface area contributed by atoms with Crippen molar-refractivity contribution in [3.63, 3.8) is 0 Å². The first-order valence-corrected chi connectivity index (χ1v) is 8.10. The molecule has 1 aromatic rings. The monoisotopic (exact) mass is 353 g/mol. The normalized spacial score (nSPS) is 13.5. The topological polar surface area (TPSA) is 64.6 Å². The zero-order chi connectivity index (χ0) is 18.3. The molecule has 0 saturated carbocycles. The van der Waals surface area contributed by atoms with Gasteiger partial charge in [-0.3, -0.25) is 0 Å². The smallest absolute Gasteiger partial charge is 0.408 e. The Kier molecular flexibility index (Phi) is 7.29. The van der Waals surface area contributed by atoms with Crippen molar-refractivity contribution in [2.45, 2.75) is 45.3 Å². The number of hydrogen-bond acceptors (Lipinski definition) is 4. The van der Waals surface area contributed by atoms with Gasteiger partial charge in [0.05, 0.1) is 6.61 Å². The van der Waals surface area contributed by atoms with Gasteiger partial charge >= 0.3 is 12.1 Å². The van der Waals surface area contributed by atoms with Crippen molar-refractivity contribution >= 4 is 23.7 Å². The van der Waals surface area contributed by atoms with Crippen molar-refractivity contribution in [2.75, 3.05) is 6.61 Å². The van der Waals surface area contributed by atoms with E-state index in [0.717, 1.165) is 5.56 Å². The van der Waals surface area contributed by atoms with E-state index in [0.29, 0.717) is 5.02 Å². The molecule has 24 heavy (non-hydrogen) atoms. The van der Waals surface area contributed by atoms with Crippen LogP contribution in [0.1, 0.15) is 39.2 Å². The Morgan fingerprint density at radius 2 is 1.88 bits per heavy atom. The maximum Gasteiger partial charge on any atom is 0.408 e. The number of benzene rings is 1. The van der Waals surface area contributed by atoms with Crippen LogP contribution in [-0.2, 0) is 14.3 Å². The van der Waals surface area contributed by atoms with E-state index in [4.69, 9.17) is 21.1 Å². The predicted octanol–water partition coefficient (Wildman–Crippen LogP) is 4.07. The first kappa shape index (κ1) is 20.0. The first-order chi connectivity index (χ1) is 11.2. The molecular weight excluding hydrogens is 330 g/mol. The van der Waals surface area contributed by atoms with Crippen LogP contribution >= 0.6 is 11.6 Å². The first-order valence-electron chi connectivity index (χ1n) is 7.72. The molecule has 132 valence electrons. The molecule has 5 nitrogen and oxygen atoms in total. The number of rotatable bonds is 6. The quantitative estimate of drug-likeness (QED) is 0.618. The molecular formula is C18H24ClNO4. The van der Waals surface area contributed by atoms with E-state index < -0.39 is 29.6 Å². The largest absolute Gasteiger partial charge is 0.464 e. The molecule has 1 amide bonds. The van der Waals surface area contributed by atoms with Gasteiger partial charge in [0.25, 0.3) is 0 Å². The third-order valence-electron chi connectivity index (χ3n) is 3.08. The Hall–Kier alpha value is -2.01. The number of alkyl carbamates (subject to hydrolysis) is 1. The van der Waals surface area contributed by atoms with Gasteiger partial charge in [-0.15, -0.1) is 6.58 Å². The van der Waals surface area contributed by atoms with Crippen LogP contribution in [0.2, 0.25) is 5.02 Å². The van der Waals surface area contributed by atoms with Gasteiger partial charge in [0.2, 0.25) is 0 Å². The fraction of sp³-hybridized carbons (Fsp3) is 0.444. The second-order valence-corrected chi connectivity index (χ2v) is 6.63. The molecule has 0 heterocycles. The Labute approximate surface area is 148 Å². The van der Waals surface area contributed by atoms with Crippen LogP contribution in [-0.4, -0.2) is 30.3 Å². The molecule has 0 aromatic heterocycles. The lowest BCUT2D eigenvalue weighted by atomic mass is 9.91. The van der Waals surface area contributed by atoms with Gasteiger partial charge in [-0.1, -0.05) is 29.8 Å². The van der Waals surface area contributed by atoms with E-state index >= 15 is 0 Å². The highest BCUT2D eigenvalue weighted by molar-refractivity contribution is 6.30. The molecule has 0 bridgehead atoms. The molecule has 0 aliphatic rings. The van der Waals surface area contributed by atoms with Crippen molar-refractivity contribution in [2.24, 2.45) is 0 Å². The fourth-order valence-corrected chi connectivity index (χ4v) is 2.24. The van der Waals surface area contributed by atoms with E-state index in [9.17, 15) is 9.59 Å². The second kappa shape index (κ2) is 8.73. The number of esters is 1. The van der Waals surface area contributed by atoms with Crippen LogP contribution < -0.4 is 5.32 Å². The van der Waals surface area contributed by atoms with Crippen molar-refractivity contribution in [3.05, 3.63) is 47.5 Å². The molecule has 0 aliphatic carbocycles. The Balaban J connectivity index is 3.06. The van der Waals surface area contributed by atoms with Gasteiger partial charge in [-0.05, 0) is 45.4 Å². The lowest BCUT2D eigenvalue weighted by molar-refractivity contribution is -0.146. The fourth-order valence-electron chi connectivity index (χ4n) is 2.11. The Bertz CT molecular complexity index is 578. The molecule has 0 spiro atoms. The molecule has 0 unspecified atom stereocenters. The summed E-state index contributed by atoms with van der Waals surface area (Å²) in [5.41, 5.74) is 0.108. The average Bonchev–Trinajstić information content (AvgIpc) is 2.47. The Morgan fingerprint density at radius 3 is 2.33 bits per heavy atom. The van der Waals surface area contributed by atoms with Crippen LogP contribution in [0.5, 0.6) is 0 Å². The van der Waals surface area contributed by atoms with Crippen molar-refractivity contribution in [1.29, 1.82) is 0 Å². The van der Waals surface area contributed by atoms with Gasteiger partial charge in [-0.2, -0.15) is 0 Å². The van der Waals surface area contributed by atoms with E-state index in [-0.39, 0.29) is 6.61 Å². The average molecular weight is 354 g/mol. The Morgan fingerprint density at radius 1 is 1.29 bits per heavy atom. The predicted molar refractivity (Wildman–Crippen MR) is 94.2 cm³/mol. The summed E-state index contributed by atoms with van der Waals surface area (Å²) >= 11 is 5.90. The summed E-state index contributed by atoms with van der Waals surface area (Å²) < 4.78 is 10.3. The second-order valence-electron chi connectivity index (χ2n) is 6.19. The number of nitrogens with one attached hydrogen (secondary N) is 1. The van der Waals surface area contributed by atoms with Crippen molar-refractivity contribution < 1.29 is 19.1 Å². The van der Waals surface area contributed by atoms with Crippen LogP contribution in [0.15, 0.2) is 36.9 Å². The third kappa shape index (κ3) is 6.24. The number of halogens is 1. The third-order valence-corrected chi connectivity index (χ3v) is 3.33. The van der Waals surface area contributed by atoms with Crippen molar-refractivity contribution in [1.82, 2.24) is 5.32 Å². The minimum Gasteiger partial charge on any atom is -0.464 e. The van der Waals surface area contributed by atoms with Gasteiger partial charge in [0.15, 0.2) is 0 Å². The summed E-state index contributed by atoms with van der Waals surface area (Å²) in [4.78, 5) is 24.4. The van der Waals surface area contributed by atoms with Crippen LogP contribution in [0, 0.1) is 0 Å². The number of amides is 1. The summed E-state index contributed by atoms with van der Waals surface area (Å²) in [6.07, 6.45) is 0.892. The van der Waals surface area contributed by atoms with Crippen LogP contribution in [0.3, 0.4) is 0 Å². The van der Waals surface area contributed by atoms with Crippen LogP contribution in [0.25, 0.3) is 0 Å². The maximum atomic E-state index is 12.3. The lowest BCUT2D eigenvalue weighted by Crippen LogP contribution is -2.47. The van der Waals surface area contributed by atoms with Gasteiger partial charge in [-0.25, -0.2) is 9.59 Å². The minimum absolute atomic E-state index is 0.204. The SMILES string of the molecule is C=C[C@@H](c1ccc(Cl)cc1)[C@H](NC(=O)OC(C)(C)C)C(=O)OCC. The number of ether oxygens (including phenoxy) is 2. The molecule has 1 N–H and O–H groups in total. The van der Waals surface area contributed by atoms with E-state index in [1.807, 2.05) is 0 Å². The lowest BCUT2D eigenvalue weighted by Gasteiger charge is -2.26. The zero-order valence-electron chi connectivity index (χ0n) is 14.5. The number of hydrogen-bond donors (Lipinski definition) is 1. The van der Waals surface area contributed by atoms with Gasteiger partial charge < -0.3 is 14.8 Å². The molecule has 0 radical (unpaired) electrons. The standard InChI is InChI=1S/C18H24ClNO4/c1-6-14(12-8-10-13(19)11-9-12)15(16(21)23-7-2)20-17(22)24-18(3,4)5/h6,8-11,14-15H,1,7H2,2-5H3,(H,20,22)/t14-,15-/m0/s1. The molecule has 6 heteroatoms. The molecule has 2 atom stereocenters.